The van der Waals surface area contributed by atoms with E-state index in [0.717, 1.165) is 0 Å². The van der Waals surface area contributed by atoms with Gasteiger partial charge in [0.15, 0.2) is 0 Å². The van der Waals surface area contributed by atoms with Gasteiger partial charge in [-0.1, -0.05) is 13.0 Å². The van der Waals surface area contributed by atoms with Crippen LogP contribution in [0.2, 0.25) is 0 Å². The normalized spacial score (nSPS) is 7.73. The molecule has 3 heteroatoms. The minimum atomic E-state index is -0.745. The number of hydrogen-bond donors (Lipinski definition) is 1. The van der Waals surface area contributed by atoms with Crippen LogP contribution in [0.25, 0.3) is 0 Å². The fourth-order valence-electron chi connectivity index (χ4n) is 0.313. The summed E-state index contributed by atoms with van der Waals surface area (Å²) in [6.07, 6.45) is 3.72. The summed E-state index contributed by atoms with van der Waals surface area (Å²) in [5, 5.41) is 7.72. The highest BCUT2D eigenvalue weighted by atomic mass is 16.4. The van der Waals surface area contributed by atoms with Crippen molar-refractivity contribution in [1.82, 2.24) is 4.98 Å². The average molecular weight is 153 g/mol. The molecule has 1 aromatic heterocycles. The maximum absolute atomic E-state index is 9.37. The lowest BCUT2D eigenvalue weighted by atomic mass is 10.5. The molecule has 0 saturated heterocycles. The summed E-state index contributed by atoms with van der Waals surface area (Å²) in [5.41, 5.74) is 0. The third-order valence-corrected chi connectivity index (χ3v) is 0.869. The number of carbonyl (C=O) groups is 1. The lowest BCUT2D eigenvalue weighted by Crippen LogP contribution is -1.86. The lowest BCUT2D eigenvalue weighted by Gasteiger charge is -1.71. The smallest absolute Gasteiger partial charge is 0.303 e. The van der Waals surface area contributed by atoms with E-state index in [1.165, 1.54) is 0 Å². The Morgan fingerprint density at radius 3 is 1.91 bits per heavy atom. The van der Waals surface area contributed by atoms with Crippen molar-refractivity contribution in [2.45, 2.75) is 13.3 Å². The molecule has 1 rings (SSSR count). The van der Waals surface area contributed by atoms with Crippen molar-refractivity contribution in [2.24, 2.45) is 0 Å². The van der Waals surface area contributed by atoms with Gasteiger partial charge in [-0.2, -0.15) is 0 Å². The first-order valence-electron chi connectivity index (χ1n) is 3.34. The van der Waals surface area contributed by atoms with Crippen LogP contribution < -0.4 is 0 Å². The summed E-state index contributed by atoms with van der Waals surface area (Å²) >= 11 is 0. The highest BCUT2D eigenvalue weighted by Crippen LogP contribution is 1.73. The van der Waals surface area contributed by atoms with Crippen molar-refractivity contribution in [2.75, 3.05) is 0 Å². The van der Waals surface area contributed by atoms with E-state index in [9.17, 15) is 4.79 Å². The molecule has 3 nitrogen and oxygen atoms in total. The van der Waals surface area contributed by atoms with Gasteiger partial charge in [0.2, 0.25) is 0 Å². The van der Waals surface area contributed by atoms with Crippen LogP contribution in [0.15, 0.2) is 30.6 Å². The summed E-state index contributed by atoms with van der Waals surface area (Å²) in [6.45, 7) is 1.60. The second-order valence-corrected chi connectivity index (χ2v) is 1.77. The quantitative estimate of drug-likeness (QED) is 0.666. The SMILES string of the molecule is CCC(=O)O.c1ccncc1. The Labute approximate surface area is 65.7 Å². The van der Waals surface area contributed by atoms with E-state index in [1.54, 1.807) is 19.3 Å². The van der Waals surface area contributed by atoms with Crippen LogP contribution >= 0.6 is 0 Å². The molecule has 0 radical (unpaired) electrons. The van der Waals surface area contributed by atoms with Crippen LogP contribution in [0.4, 0.5) is 0 Å². The zero-order valence-corrected chi connectivity index (χ0v) is 6.40. The van der Waals surface area contributed by atoms with E-state index in [0.29, 0.717) is 0 Å². The predicted molar refractivity (Wildman–Crippen MR) is 42.2 cm³/mol. The highest BCUT2D eigenvalue weighted by molar-refractivity contribution is 5.66. The zero-order valence-electron chi connectivity index (χ0n) is 6.40. The molecule has 1 N–H and O–H groups in total. The molecule has 0 aliphatic rings. The van der Waals surface area contributed by atoms with Gasteiger partial charge in [-0.3, -0.25) is 9.78 Å². The van der Waals surface area contributed by atoms with Crippen molar-refractivity contribution in [3.8, 4) is 0 Å². The summed E-state index contributed by atoms with van der Waals surface area (Å²) < 4.78 is 0. The molecule has 0 bridgehead atoms. The number of aromatic nitrogens is 1. The second kappa shape index (κ2) is 6.74. The van der Waals surface area contributed by atoms with Gasteiger partial charge in [0.05, 0.1) is 0 Å². The van der Waals surface area contributed by atoms with E-state index in [1.807, 2.05) is 18.2 Å². The first kappa shape index (κ1) is 9.62. The topological polar surface area (TPSA) is 50.2 Å². The van der Waals surface area contributed by atoms with Gasteiger partial charge in [-0.25, -0.2) is 0 Å². The van der Waals surface area contributed by atoms with Gasteiger partial charge in [0, 0.05) is 18.8 Å². The van der Waals surface area contributed by atoms with Crippen LogP contribution in [0.1, 0.15) is 13.3 Å². The van der Waals surface area contributed by atoms with Crippen molar-refractivity contribution in [1.29, 1.82) is 0 Å². The molecule has 1 aromatic rings. The third-order valence-electron chi connectivity index (χ3n) is 0.869. The molecule has 11 heavy (non-hydrogen) atoms. The van der Waals surface area contributed by atoms with Gasteiger partial charge in [0.1, 0.15) is 0 Å². The lowest BCUT2D eigenvalue weighted by molar-refractivity contribution is -0.136. The predicted octanol–water partition coefficient (Wildman–Crippen LogP) is 1.56. The first-order chi connectivity index (χ1) is 5.27. The number of rotatable bonds is 1. The molecule has 0 saturated carbocycles. The maximum Gasteiger partial charge on any atom is 0.303 e. The number of hydrogen-bond acceptors (Lipinski definition) is 2. The molecule has 0 spiro atoms. The molecule has 0 fully saturated rings. The maximum atomic E-state index is 9.37. The molecule has 0 atom stereocenters. The monoisotopic (exact) mass is 153 g/mol. The third kappa shape index (κ3) is 8.62. The van der Waals surface area contributed by atoms with Gasteiger partial charge in [0.25, 0.3) is 0 Å². The Morgan fingerprint density at radius 1 is 1.36 bits per heavy atom. The van der Waals surface area contributed by atoms with Crippen LogP contribution in [0.5, 0.6) is 0 Å². The molecule has 0 aliphatic carbocycles. The van der Waals surface area contributed by atoms with Crippen LogP contribution in [0.3, 0.4) is 0 Å². The van der Waals surface area contributed by atoms with Crippen molar-refractivity contribution in [3.63, 3.8) is 0 Å². The van der Waals surface area contributed by atoms with Crippen LogP contribution in [0, 0.1) is 0 Å². The molecular weight excluding hydrogens is 142 g/mol. The van der Waals surface area contributed by atoms with E-state index in [4.69, 9.17) is 5.11 Å². The minimum Gasteiger partial charge on any atom is -0.481 e. The number of carboxylic acid groups (broad SMARTS) is 1. The summed E-state index contributed by atoms with van der Waals surface area (Å²) in [7, 11) is 0. The average Bonchev–Trinajstić information content (AvgIpc) is 2.09. The number of aliphatic carboxylic acids is 1. The van der Waals surface area contributed by atoms with Gasteiger partial charge >= 0.3 is 5.97 Å². The van der Waals surface area contributed by atoms with Crippen LogP contribution in [-0.2, 0) is 4.79 Å². The Morgan fingerprint density at radius 2 is 1.82 bits per heavy atom. The second-order valence-electron chi connectivity index (χ2n) is 1.77. The Bertz CT molecular complexity index is 160. The van der Waals surface area contributed by atoms with E-state index >= 15 is 0 Å². The Kier molecular flexibility index (Phi) is 5.89. The van der Waals surface area contributed by atoms with Gasteiger partial charge < -0.3 is 5.11 Å². The molecule has 0 aliphatic heterocycles. The molecular formula is C8H11NO2. The van der Waals surface area contributed by atoms with E-state index < -0.39 is 5.97 Å². The molecule has 1 heterocycles. The minimum absolute atomic E-state index is 0.222. The van der Waals surface area contributed by atoms with Crippen LogP contribution in [-0.4, -0.2) is 16.1 Å². The molecule has 0 unspecified atom stereocenters. The Hall–Kier alpha value is -1.38. The largest absolute Gasteiger partial charge is 0.481 e. The van der Waals surface area contributed by atoms with Gasteiger partial charge in [-0.05, 0) is 12.1 Å². The summed E-state index contributed by atoms with van der Waals surface area (Å²) in [4.78, 5) is 13.2. The standard InChI is InChI=1S/C5H5N.C3H6O2/c1-2-4-6-5-3-1;1-2-3(4)5/h1-5H;2H2,1H3,(H,4,5). The number of pyridine rings is 1. The fraction of sp³-hybridized carbons (Fsp3) is 0.250. The van der Waals surface area contributed by atoms with Crippen molar-refractivity contribution in [3.05, 3.63) is 30.6 Å². The number of nitrogens with zero attached hydrogens (tertiary/aromatic N) is 1. The molecule has 60 valence electrons. The first-order valence-corrected chi connectivity index (χ1v) is 3.34. The van der Waals surface area contributed by atoms with E-state index in [-0.39, 0.29) is 6.42 Å². The highest BCUT2D eigenvalue weighted by Gasteiger charge is 1.80. The van der Waals surface area contributed by atoms with Crippen molar-refractivity contribution < 1.29 is 9.90 Å². The molecule has 0 amide bonds. The Balaban J connectivity index is 0.000000187. The molecule has 0 aromatic carbocycles. The van der Waals surface area contributed by atoms with E-state index in [2.05, 4.69) is 4.98 Å². The number of carboxylic acids is 1. The summed E-state index contributed by atoms with van der Waals surface area (Å²) in [6, 6.07) is 5.72. The van der Waals surface area contributed by atoms with Gasteiger partial charge in [-0.15, -0.1) is 0 Å². The summed E-state index contributed by atoms with van der Waals surface area (Å²) in [5.74, 6) is -0.745. The van der Waals surface area contributed by atoms with Crippen molar-refractivity contribution >= 4 is 5.97 Å². The zero-order chi connectivity index (χ0) is 8.53. The fourth-order valence-corrected chi connectivity index (χ4v) is 0.313.